The number of H-pyrrole nitrogens is 1. The predicted octanol–water partition coefficient (Wildman–Crippen LogP) is 4.98. The summed E-state index contributed by atoms with van der Waals surface area (Å²) >= 11 is 0. The molecule has 4 rings (SSSR count). The number of aromatic hydroxyl groups is 1. The van der Waals surface area contributed by atoms with E-state index in [4.69, 9.17) is 0 Å². The quantitative estimate of drug-likeness (QED) is 0.708. The van der Waals surface area contributed by atoms with Crippen molar-refractivity contribution in [1.29, 1.82) is 0 Å². The largest absolute Gasteiger partial charge is 0.508 e. The number of benzene rings is 2. The van der Waals surface area contributed by atoms with Crippen molar-refractivity contribution in [3.8, 4) is 5.75 Å². The maximum Gasteiger partial charge on any atom is 0.115 e. The van der Waals surface area contributed by atoms with Crippen molar-refractivity contribution < 1.29 is 5.11 Å². The van der Waals surface area contributed by atoms with Crippen LogP contribution in [0.1, 0.15) is 60.1 Å². The lowest BCUT2D eigenvalue weighted by Crippen LogP contribution is -1.99. The van der Waals surface area contributed by atoms with Crippen LogP contribution in [0.5, 0.6) is 5.75 Å². The minimum Gasteiger partial charge on any atom is -0.508 e. The van der Waals surface area contributed by atoms with Gasteiger partial charge in [0.1, 0.15) is 5.75 Å². The molecule has 2 atom stereocenters. The minimum atomic E-state index is 0.318. The fraction of sp³-hybridized carbons (Fsp3) is 0.318. The van der Waals surface area contributed by atoms with Crippen LogP contribution in [0.2, 0.25) is 0 Å². The van der Waals surface area contributed by atoms with Crippen molar-refractivity contribution in [2.45, 2.75) is 38.5 Å². The number of phenolic OH excluding ortho intramolecular Hbond substituents is 1. The fourth-order valence-corrected chi connectivity index (χ4v) is 4.10. The van der Waals surface area contributed by atoms with E-state index in [-0.39, 0.29) is 0 Å². The highest BCUT2D eigenvalue weighted by Gasteiger charge is 2.34. The summed E-state index contributed by atoms with van der Waals surface area (Å²) in [6.07, 6.45) is 5.91. The maximum atomic E-state index is 9.60. The summed E-state index contributed by atoms with van der Waals surface area (Å²) < 4.78 is 0. The number of hydrogen-bond donors (Lipinski definition) is 2. The number of nitrogens with one attached hydrogen (secondary N) is 1. The topological polar surface area (TPSA) is 48.9 Å². The van der Waals surface area contributed by atoms with Crippen molar-refractivity contribution in [2.75, 3.05) is 0 Å². The second-order valence-electron chi connectivity index (χ2n) is 7.49. The number of imidazole rings is 1. The molecule has 2 unspecified atom stereocenters. The first-order valence-electron chi connectivity index (χ1n) is 9.02. The van der Waals surface area contributed by atoms with E-state index in [1.165, 1.54) is 22.3 Å². The van der Waals surface area contributed by atoms with Crippen molar-refractivity contribution in [3.05, 3.63) is 82.9 Å². The SMILES string of the molecule is CC(C)Cc1ccc2c(c1)C(c1c[nH]cn1)CC2c1ccc(O)cc1. The van der Waals surface area contributed by atoms with Gasteiger partial charge in [0.05, 0.1) is 12.0 Å². The highest BCUT2D eigenvalue weighted by Crippen LogP contribution is 2.48. The molecule has 0 aliphatic heterocycles. The number of aromatic amines is 1. The Morgan fingerprint density at radius 2 is 1.88 bits per heavy atom. The van der Waals surface area contributed by atoms with Crippen LogP contribution >= 0.6 is 0 Å². The molecule has 0 radical (unpaired) electrons. The number of rotatable bonds is 4. The van der Waals surface area contributed by atoms with Gasteiger partial charge in [-0.05, 0) is 53.1 Å². The van der Waals surface area contributed by atoms with Gasteiger partial charge in [-0.25, -0.2) is 4.98 Å². The Balaban J connectivity index is 1.77. The number of aromatic nitrogens is 2. The molecule has 1 aromatic heterocycles. The zero-order valence-electron chi connectivity index (χ0n) is 14.7. The molecule has 0 spiro atoms. The lowest BCUT2D eigenvalue weighted by molar-refractivity contribution is 0.475. The first-order chi connectivity index (χ1) is 12.1. The van der Waals surface area contributed by atoms with Gasteiger partial charge in [0.2, 0.25) is 0 Å². The summed E-state index contributed by atoms with van der Waals surface area (Å²) in [5, 5.41) is 9.60. The number of fused-ring (bicyclic) bond motifs is 1. The van der Waals surface area contributed by atoms with Crippen LogP contribution in [0.3, 0.4) is 0 Å². The van der Waals surface area contributed by atoms with Crippen molar-refractivity contribution in [3.63, 3.8) is 0 Å². The first-order valence-corrected chi connectivity index (χ1v) is 9.02. The minimum absolute atomic E-state index is 0.318. The van der Waals surface area contributed by atoms with E-state index in [9.17, 15) is 5.11 Å². The monoisotopic (exact) mass is 332 g/mol. The third-order valence-electron chi connectivity index (χ3n) is 5.19. The summed E-state index contributed by atoms with van der Waals surface area (Å²) in [5.74, 6) is 1.65. The Morgan fingerprint density at radius 3 is 2.56 bits per heavy atom. The Hall–Kier alpha value is -2.55. The molecule has 1 aliphatic rings. The summed E-state index contributed by atoms with van der Waals surface area (Å²) in [6.45, 7) is 4.52. The Morgan fingerprint density at radius 1 is 1.08 bits per heavy atom. The third-order valence-corrected chi connectivity index (χ3v) is 5.19. The van der Waals surface area contributed by atoms with E-state index in [0.717, 1.165) is 18.5 Å². The molecule has 0 bridgehead atoms. The van der Waals surface area contributed by atoms with E-state index in [2.05, 4.69) is 42.0 Å². The lowest BCUT2D eigenvalue weighted by Gasteiger charge is -2.13. The van der Waals surface area contributed by atoms with Gasteiger partial charge in [0, 0.05) is 18.0 Å². The van der Waals surface area contributed by atoms with Crippen molar-refractivity contribution in [2.24, 2.45) is 5.92 Å². The molecule has 3 aromatic rings. The molecule has 128 valence electrons. The van der Waals surface area contributed by atoms with Crippen LogP contribution in [-0.4, -0.2) is 15.1 Å². The van der Waals surface area contributed by atoms with E-state index < -0.39 is 0 Å². The van der Waals surface area contributed by atoms with E-state index in [1.807, 2.05) is 18.3 Å². The summed E-state index contributed by atoms with van der Waals surface area (Å²) in [5.41, 5.74) is 6.58. The van der Waals surface area contributed by atoms with E-state index in [0.29, 0.717) is 23.5 Å². The fourth-order valence-electron chi connectivity index (χ4n) is 4.10. The molecule has 2 N–H and O–H groups in total. The average molecular weight is 332 g/mol. The standard InChI is InChI=1S/C22H24N2O/c1-14(2)9-15-3-8-18-19(16-4-6-17(25)7-5-16)11-21(20(18)10-15)22-12-23-13-24-22/h3-8,10,12-14,19,21,25H,9,11H2,1-2H3,(H,23,24). The summed E-state index contributed by atoms with van der Waals surface area (Å²) in [7, 11) is 0. The predicted molar refractivity (Wildman–Crippen MR) is 100.0 cm³/mol. The normalized spacial score (nSPS) is 19.3. The highest BCUT2D eigenvalue weighted by atomic mass is 16.3. The van der Waals surface area contributed by atoms with Crippen LogP contribution in [0, 0.1) is 5.92 Å². The molecular formula is C22H24N2O. The Labute approximate surface area is 148 Å². The van der Waals surface area contributed by atoms with Crippen LogP contribution < -0.4 is 0 Å². The smallest absolute Gasteiger partial charge is 0.115 e. The molecule has 1 aliphatic carbocycles. The molecule has 0 saturated heterocycles. The van der Waals surface area contributed by atoms with Crippen LogP contribution in [0.15, 0.2) is 55.0 Å². The molecule has 3 nitrogen and oxygen atoms in total. The molecule has 3 heteroatoms. The van der Waals surface area contributed by atoms with Gasteiger partial charge < -0.3 is 10.1 Å². The molecule has 25 heavy (non-hydrogen) atoms. The van der Waals surface area contributed by atoms with Crippen LogP contribution in [0.25, 0.3) is 0 Å². The van der Waals surface area contributed by atoms with Gasteiger partial charge in [0.15, 0.2) is 0 Å². The van der Waals surface area contributed by atoms with Gasteiger partial charge in [-0.15, -0.1) is 0 Å². The van der Waals surface area contributed by atoms with Gasteiger partial charge >= 0.3 is 0 Å². The molecule has 0 fully saturated rings. The first kappa shape index (κ1) is 15.9. The molecule has 2 aromatic carbocycles. The van der Waals surface area contributed by atoms with E-state index >= 15 is 0 Å². The zero-order chi connectivity index (χ0) is 17.4. The van der Waals surface area contributed by atoms with Gasteiger partial charge in [-0.2, -0.15) is 0 Å². The lowest BCUT2D eigenvalue weighted by atomic mass is 9.91. The second-order valence-corrected chi connectivity index (χ2v) is 7.49. The van der Waals surface area contributed by atoms with Gasteiger partial charge in [-0.3, -0.25) is 0 Å². The maximum absolute atomic E-state index is 9.60. The number of nitrogens with zero attached hydrogens (tertiary/aromatic N) is 1. The summed E-state index contributed by atoms with van der Waals surface area (Å²) in [6, 6.07) is 14.6. The highest BCUT2D eigenvalue weighted by molar-refractivity contribution is 5.50. The molecule has 1 heterocycles. The number of hydrogen-bond acceptors (Lipinski definition) is 2. The van der Waals surface area contributed by atoms with Crippen molar-refractivity contribution >= 4 is 0 Å². The molecule has 0 saturated carbocycles. The summed E-state index contributed by atoms with van der Waals surface area (Å²) in [4.78, 5) is 7.64. The van der Waals surface area contributed by atoms with Crippen LogP contribution in [-0.2, 0) is 6.42 Å². The Bertz CT molecular complexity index is 850. The number of phenols is 1. The van der Waals surface area contributed by atoms with E-state index in [1.54, 1.807) is 18.5 Å². The van der Waals surface area contributed by atoms with Gasteiger partial charge in [-0.1, -0.05) is 44.2 Å². The van der Waals surface area contributed by atoms with Crippen molar-refractivity contribution in [1.82, 2.24) is 9.97 Å². The Kier molecular flexibility index (Phi) is 4.08. The molecular weight excluding hydrogens is 308 g/mol. The average Bonchev–Trinajstić information content (AvgIpc) is 3.22. The molecule has 0 amide bonds. The zero-order valence-corrected chi connectivity index (χ0v) is 14.7. The third kappa shape index (κ3) is 3.07. The second kappa shape index (κ2) is 6.40. The van der Waals surface area contributed by atoms with Gasteiger partial charge in [0.25, 0.3) is 0 Å². The van der Waals surface area contributed by atoms with Crippen LogP contribution in [0.4, 0.5) is 0 Å².